The zero-order chi connectivity index (χ0) is 17.1. The van der Waals surface area contributed by atoms with Gasteiger partial charge < -0.3 is 10.3 Å². The summed E-state index contributed by atoms with van der Waals surface area (Å²) in [6, 6.07) is 9.84. The molecule has 0 saturated carbocycles. The summed E-state index contributed by atoms with van der Waals surface area (Å²) in [5.74, 6) is 2.12. The minimum Gasteiger partial charge on any atom is -0.384 e. The van der Waals surface area contributed by atoms with Crippen LogP contribution in [0.5, 0.6) is 0 Å². The molecule has 0 spiro atoms. The Morgan fingerprint density at radius 2 is 2.20 bits per heavy atom. The van der Waals surface area contributed by atoms with Crippen LogP contribution in [0.2, 0.25) is 0 Å². The van der Waals surface area contributed by atoms with Crippen molar-refractivity contribution in [3.63, 3.8) is 0 Å². The zero-order valence-electron chi connectivity index (χ0n) is 14.0. The Hall–Kier alpha value is -2.73. The lowest BCUT2D eigenvalue weighted by Crippen LogP contribution is -2.20. The third kappa shape index (κ3) is 3.85. The first-order valence-corrected chi connectivity index (χ1v) is 8.55. The fourth-order valence-corrected chi connectivity index (χ4v) is 3.37. The van der Waals surface area contributed by atoms with Gasteiger partial charge in [-0.25, -0.2) is 4.98 Å². The lowest BCUT2D eigenvalue weighted by molar-refractivity contribution is 0.266. The quantitative estimate of drug-likeness (QED) is 0.772. The molecule has 4 heterocycles. The average Bonchev–Trinajstić information content (AvgIpc) is 3.28. The summed E-state index contributed by atoms with van der Waals surface area (Å²) in [6.45, 7) is 2.94. The number of nitrogens with zero attached hydrogens (tertiary/aromatic N) is 4. The zero-order valence-corrected chi connectivity index (χ0v) is 14.0. The fraction of sp³-hybridized carbons (Fsp3) is 0.316. The second-order valence-electron chi connectivity index (χ2n) is 6.61. The summed E-state index contributed by atoms with van der Waals surface area (Å²) in [5, 5.41) is 4.16. The maximum atomic E-state index is 5.65. The molecule has 0 aliphatic carbocycles. The van der Waals surface area contributed by atoms with Crippen LogP contribution in [-0.4, -0.2) is 33.1 Å². The van der Waals surface area contributed by atoms with Gasteiger partial charge in [-0.05, 0) is 49.1 Å². The van der Waals surface area contributed by atoms with Crippen molar-refractivity contribution in [1.82, 2.24) is 20.0 Å². The van der Waals surface area contributed by atoms with E-state index in [1.54, 1.807) is 12.4 Å². The number of nitrogens with two attached hydrogens (primary N) is 1. The van der Waals surface area contributed by atoms with Crippen molar-refractivity contribution < 1.29 is 4.52 Å². The molecule has 0 amide bonds. The molecule has 0 bridgehead atoms. The molecule has 6 heteroatoms. The summed E-state index contributed by atoms with van der Waals surface area (Å²) in [6.07, 6.45) is 7.67. The Kier molecular flexibility index (Phi) is 4.43. The SMILES string of the molecule is Nc1ccc(CC2CCN(Cc3cc(-c4cccnc4)no3)C2)cn1. The topological polar surface area (TPSA) is 81.1 Å². The van der Waals surface area contributed by atoms with Gasteiger partial charge in [0.15, 0.2) is 5.76 Å². The van der Waals surface area contributed by atoms with E-state index in [-0.39, 0.29) is 0 Å². The van der Waals surface area contributed by atoms with Gasteiger partial charge in [0.05, 0.1) is 6.54 Å². The minimum atomic E-state index is 0.575. The van der Waals surface area contributed by atoms with E-state index in [4.69, 9.17) is 10.3 Å². The molecule has 1 aliphatic heterocycles. The molecule has 1 unspecified atom stereocenters. The Bertz CT molecular complexity index is 815. The van der Waals surface area contributed by atoms with Gasteiger partial charge in [-0.3, -0.25) is 9.88 Å². The highest BCUT2D eigenvalue weighted by Crippen LogP contribution is 2.24. The molecule has 3 aromatic heterocycles. The molecule has 1 atom stereocenters. The number of aromatic nitrogens is 3. The molecule has 3 aromatic rings. The summed E-state index contributed by atoms with van der Waals surface area (Å²) >= 11 is 0. The highest BCUT2D eigenvalue weighted by Gasteiger charge is 2.24. The van der Waals surface area contributed by atoms with Crippen LogP contribution in [0.25, 0.3) is 11.3 Å². The van der Waals surface area contributed by atoms with Crippen LogP contribution in [0.15, 0.2) is 53.4 Å². The van der Waals surface area contributed by atoms with Crippen molar-refractivity contribution in [2.45, 2.75) is 19.4 Å². The van der Waals surface area contributed by atoms with Gasteiger partial charge in [-0.2, -0.15) is 0 Å². The van der Waals surface area contributed by atoms with E-state index < -0.39 is 0 Å². The summed E-state index contributed by atoms with van der Waals surface area (Å²) in [7, 11) is 0. The van der Waals surface area contributed by atoms with Gasteiger partial charge in [-0.1, -0.05) is 11.2 Å². The van der Waals surface area contributed by atoms with E-state index in [1.807, 2.05) is 30.5 Å². The highest BCUT2D eigenvalue weighted by atomic mass is 16.5. The average molecular weight is 335 g/mol. The van der Waals surface area contributed by atoms with Crippen LogP contribution in [0, 0.1) is 5.92 Å². The molecule has 0 aromatic carbocycles. The van der Waals surface area contributed by atoms with E-state index in [1.165, 1.54) is 12.0 Å². The number of likely N-dealkylation sites (tertiary alicyclic amines) is 1. The minimum absolute atomic E-state index is 0.575. The first kappa shape index (κ1) is 15.8. The van der Waals surface area contributed by atoms with Crippen molar-refractivity contribution in [2.24, 2.45) is 5.92 Å². The first-order valence-electron chi connectivity index (χ1n) is 8.55. The van der Waals surface area contributed by atoms with Crippen molar-refractivity contribution in [1.29, 1.82) is 0 Å². The van der Waals surface area contributed by atoms with Crippen molar-refractivity contribution in [2.75, 3.05) is 18.8 Å². The highest BCUT2D eigenvalue weighted by molar-refractivity contribution is 5.57. The van der Waals surface area contributed by atoms with Crippen molar-refractivity contribution in [3.05, 3.63) is 60.2 Å². The molecule has 1 aliphatic rings. The molecule has 4 rings (SSSR count). The Labute approximate surface area is 146 Å². The van der Waals surface area contributed by atoms with E-state index in [0.29, 0.717) is 11.7 Å². The monoisotopic (exact) mass is 335 g/mol. The molecule has 6 nitrogen and oxygen atoms in total. The number of nitrogen functional groups attached to an aromatic ring is 1. The molecule has 1 fully saturated rings. The van der Waals surface area contributed by atoms with E-state index in [2.05, 4.69) is 26.1 Å². The molecule has 0 radical (unpaired) electrons. The van der Waals surface area contributed by atoms with Crippen LogP contribution < -0.4 is 5.73 Å². The maximum Gasteiger partial charge on any atom is 0.151 e. The molecular formula is C19H21N5O. The number of pyridine rings is 2. The van der Waals surface area contributed by atoms with E-state index >= 15 is 0 Å². The second kappa shape index (κ2) is 7.03. The van der Waals surface area contributed by atoms with Gasteiger partial charge in [-0.15, -0.1) is 0 Å². The van der Waals surface area contributed by atoms with Crippen LogP contribution >= 0.6 is 0 Å². The normalized spacial score (nSPS) is 17.8. The number of anilines is 1. The summed E-state index contributed by atoms with van der Waals surface area (Å²) < 4.78 is 5.50. The van der Waals surface area contributed by atoms with Gasteiger partial charge in [0.2, 0.25) is 0 Å². The Morgan fingerprint density at radius 1 is 1.24 bits per heavy atom. The summed E-state index contributed by atoms with van der Waals surface area (Å²) in [4.78, 5) is 10.7. The second-order valence-corrected chi connectivity index (χ2v) is 6.61. The Balaban J connectivity index is 1.34. The van der Waals surface area contributed by atoms with E-state index in [0.717, 1.165) is 43.1 Å². The molecule has 128 valence electrons. The van der Waals surface area contributed by atoms with Crippen molar-refractivity contribution in [3.8, 4) is 11.3 Å². The molecule has 2 N–H and O–H groups in total. The first-order chi connectivity index (χ1) is 12.3. The van der Waals surface area contributed by atoms with Crippen molar-refractivity contribution >= 4 is 5.82 Å². The fourth-order valence-electron chi connectivity index (χ4n) is 3.37. The molecule has 1 saturated heterocycles. The number of rotatable bonds is 5. The van der Waals surface area contributed by atoms with Crippen LogP contribution in [0.3, 0.4) is 0 Å². The Morgan fingerprint density at radius 3 is 3.00 bits per heavy atom. The smallest absolute Gasteiger partial charge is 0.151 e. The third-order valence-electron chi connectivity index (χ3n) is 4.64. The van der Waals surface area contributed by atoms with Crippen LogP contribution in [0.4, 0.5) is 5.82 Å². The van der Waals surface area contributed by atoms with Gasteiger partial charge in [0.25, 0.3) is 0 Å². The van der Waals surface area contributed by atoms with Gasteiger partial charge >= 0.3 is 0 Å². The number of hydrogen-bond donors (Lipinski definition) is 1. The van der Waals surface area contributed by atoms with E-state index in [9.17, 15) is 0 Å². The predicted molar refractivity (Wildman–Crippen MR) is 95.5 cm³/mol. The standard InChI is InChI=1S/C19H21N5O/c20-19-4-3-14(10-22-19)8-15-5-7-24(12-15)13-17-9-18(23-25-17)16-2-1-6-21-11-16/h1-4,6,9-11,15H,5,7-8,12-13H2,(H2,20,22). The summed E-state index contributed by atoms with van der Waals surface area (Å²) in [5.41, 5.74) is 8.72. The van der Waals surface area contributed by atoms with Crippen LogP contribution in [-0.2, 0) is 13.0 Å². The predicted octanol–water partition coefficient (Wildman–Crippen LogP) is 2.78. The molecular weight excluding hydrogens is 314 g/mol. The van der Waals surface area contributed by atoms with Gasteiger partial charge in [0.1, 0.15) is 11.5 Å². The number of hydrogen-bond acceptors (Lipinski definition) is 6. The molecule has 25 heavy (non-hydrogen) atoms. The third-order valence-corrected chi connectivity index (χ3v) is 4.64. The van der Waals surface area contributed by atoms with Crippen LogP contribution in [0.1, 0.15) is 17.7 Å². The maximum absolute atomic E-state index is 5.65. The largest absolute Gasteiger partial charge is 0.384 e. The van der Waals surface area contributed by atoms with Gasteiger partial charge in [0, 0.05) is 36.8 Å². The lowest BCUT2D eigenvalue weighted by Gasteiger charge is -2.14. The lowest BCUT2D eigenvalue weighted by atomic mass is 10.00.